The fourth-order valence-corrected chi connectivity index (χ4v) is 3.14. The summed E-state index contributed by atoms with van der Waals surface area (Å²) in [5.74, 6) is 1.78. The van der Waals surface area contributed by atoms with Crippen molar-refractivity contribution in [3.63, 3.8) is 0 Å². The van der Waals surface area contributed by atoms with Gasteiger partial charge in [-0.2, -0.15) is 0 Å². The molecule has 2 heterocycles. The van der Waals surface area contributed by atoms with Gasteiger partial charge in [-0.15, -0.1) is 0 Å². The van der Waals surface area contributed by atoms with Crippen LogP contribution in [0.15, 0.2) is 23.3 Å². The van der Waals surface area contributed by atoms with E-state index in [0.29, 0.717) is 18.5 Å². The van der Waals surface area contributed by atoms with Crippen molar-refractivity contribution in [3.05, 3.63) is 29.6 Å². The van der Waals surface area contributed by atoms with Crippen molar-refractivity contribution >= 4 is 16.9 Å². The van der Waals surface area contributed by atoms with E-state index in [0.717, 1.165) is 23.0 Å². The summed E-state index contributed by atoms with van der Waals surface area (Å²) >= 11 is 1.82. The molecule has 0 bridgehead atoms. The number of nitrogens with zero attached hydrogens (tertiary/aromatic N) is 2. The highest BCUT2D eigenvalue weighted by molar-refractivity contribution is 8.14. The highest BCUT2D eigenvalue weighted by atomic mass is 32.2. The third-order valence-electron chi connectivity index (χ3n) is 3.25. The highest BCUT2D eigenvalue weighted by Gasteiger charge is 2.22. The van der Waals surface area contributed by atoms with Crippen LogP contribution in [0.25, 0.3) is 0 Å². The van der Waals surface area contributed by atoms with Crippen LogP contribution in [-0.4, -0.2) is 21.9 Å². The van der Waals surface area contributed by atoms with E-state index in [1.165, 1.54) is 5.56 Å². The van der Waals surface area contributed by atoms with Crippen molar-refractivity contribution in [2.24, 2.45) is 10.9 Å². The van der Waals surface area contributed by atoms with Crippen LogP contribution in [0.5, 0.6) is 0 Å². The van der Waals surface area contributed by atoms with Crippen LogP contribution in [0, 0.1) is 5.92 Å². The smallest absolute Gasteiger partial charge is 0.157 e. The maximum Gasteiger partial charge on any atom is 0.157 e. The number of aromatic nitrogens is 1. The van der Waals surface area contributed by atoms with Crippen molar-refractivity contribution in [3.8, 4) is 0 Å². The minimum absolute atomic E-state index is 0.558. The van der Waals surface area contributed by atoms with Crippen LogP contribution in [0.3, 0.4) is 0 Å². The molecule has 1 aromatic rings. The summed E-state index contributed by atoms with van der Waals surface area (Å²) < 4.78 is 0. The van der Waals surface area contributed by atoms with Crippen LogP contribution < -0.4 is 5.32 Å². The molecule has 0 saturated carbocycles. The van der Waals surface area contributed by atoms with E-state index in [1.807, 2.05) is 24.0 Å². The number of amidine groups is 1. The van der Waals surface area contributed by atoms with Gasteiger partial charge in [0.25, 0.3) is 0 Å². The standard InChI is InChI=1S/C14H21N3S/c1-4-11-6-5-7-15-12(11)8-16-14-17-13(9-18-14)10(2)3/h5-7,10,13H,4,8-9H2,1-3H3,(H,16,17). The minimum Gasteiger partial charge on any atom is -0.361 e. The molecule has 1 aliphatic heterocycles. The number of pyridine rings is 1. The molecular formula is C14H21N3S. The average molecular weight is 263 g/mol. The number of thioether (sulfide) groups is 1. The van der Waals surface area contributed by atoms with E-state index in [-0.39, 0.29) is 0 Å². The maximum atomic E-state index is 4.64. The molecule has 4 heteroatoms. The lowest BCUT2D eigenvalue weighted by atomic mass is 10.1. The van der Waals surface area contributed by atoms with Crippen LogP contribution in [0.4, 0.5) is 0 Å². The molecule has 0 amide bonds. The number of hydrogen-bond donors (Lipinski definition) is 1. The first kappa shape index (κ1) is 13.4. The van der Waals surface area contributed by atoms with Gasteiger partial charge in [0.2, 0.25) is 0 Å². The molecular weight excluding hydrogens is 242 g/mol. The molecule has 1 fully saturated rings. The molecule has 0 spiro atoms. The molecule has 2 rings (SSSR count). The van der Waals surface area contributed by atoms with Crippen molar-refractivity contribution in [1.29, 1.82) is 0 Å². The van der Waals surface area contributed by atoms with Gasteiger partial charge in [-0.3, -0.25) is 9.98 Å². The Hall–Kier alpha value is -1.03. The number of rotatable bonds is 4. The van der Waals surface area contributed by atoms with E-state index < -0.39 is 0 Å². The van der Waals surface area contributed by atoms with E-state index in [1.54, 1.807) is 0 Å². The SMILES string of the molecule is CCc1cccnc1CN=C1NC(C(C)C)CS1. The molecule has 98 valence electrons. The topological polar surface area (TPSA) is 37.3 Å². The Kier molecular flexibility index (Phi) is 4.64. The lowest BCUT2D eigenvalue weighted by molar-refractivity contribution is 0.503. The Morgan fingerprint density at radius 3 is 3.06 bits per heavy atom. The average Bonchev–Trinajstić information content (AvgIpc) is 2.85. The highest BCUT2D eigenvalue weighted by Crippen LogP contribution is 2.19. The molecule has 0 radical (unpaired) electrons. The van der Waals surface area contributed by atoms with Crippen LogP contribution in [0.2, 0.25) is 0 Å². The summed E-state index contributed by atoms with van der Waals surface area (Å²) in [7, 11) is 0. The predicted molar refractivity (Wildman–Crippen MR) is 79.0 cm³/mol. The Labute approximate surface area is 113 Å². The first-order valence-corrected chi connectivity index (χ1v) is 7.55. The molecule has 1 unspecified atom stereocenters. The van der Waals surface area contributed by atoms with E-state index >= 15 is 0 Å². The fraction of sp³-hybridized carbons (Fsp3) is 0.571. The first-order chi connectivity index (χ1) is 8.70. The first-order valence-electron chi connectivity index (χ1n) is 6.57. The molecule has 1 saturated heterocycles. The van der Waals surface area contributed by atoms with Gasteiger partial charge in [-0.05, 0) is 24.0 Å². The molecule has 0 aromatic carbocycles. The second-order valence-corrected chi connectivity index (χ2v) is 5.90. The quantitative estimate of drug-likeness (QED) is 0.907. The predicted octanol–water partition coefficient (Wildman–Crippen LogP) is 2.86. The normalized spacial score (nSPS) is 21.6. The van der Waals surface area contributed by atoms with Gasteiger partial charge >= 0.3 is 0 Å². The van der Waals surface area contributed by atoms with Gasteiger partial charge in [0.1, 0.15) is 0 Å². The molecule has 1 aromatic heterocycles. The van der Waals surface area contributed by atoms with E-state index in [2.05, 4.69) is 42.1 Å². The van der Waals surface area contributed by atoms with Crippen molar-refractivity contribution in [1.82, 2.24) is 10.3 Å². The summed E-state index contributed by atoms with van der Waals surface area (Å²) in [4.78, 5) is 9.06. The molecule has 1 aliphatic rings. The van der Waals surface area contributed by atoms with Crippen LogP contribution in [0.1, 0.15) is 32.0 Å². The molecule has 1 atom stereocenters. The Morgan fingerprint density at radius 2 is 2.39 bits per heavy atom. The zero-order chi connectivity index (χ0) is 13.0. The van der Waals surface area contributed by atoms with Crippen molar-refractivity contribution in [2.75, 3.05) is 5.75 Å². The van der Waals surface area contributed by atoms with Gasteiger partial charge < -0.3 is 5.32 Å². The lowest BCUT2D eigenvalue weighted by Crippen LogP contribution is -2.31. The molecule has 3 nitrogen and oxygen atoms in total. The van der Waals surface area contributed by atoms with Gasteiger partial charge in [-0.25, -0.2) is 0 Å². The third kappa shape index (κ3) is 3.25. The Bertz CT molecular complexity index is 429. The van der Waals surface area contributed by atoms with Crippen LogP contribution in [-0.2, 0) is 13.0 Å². The zero-order valence-corrected chi connectivity index (χ0v) is 12.1. The molecule has 1 N–H and O–H groups in total. The lowest BCUT2D eigenvalue weighted by Gasteiger charge is -2.13. The number of hydrogen-bond acceptors (Lipinski definition) is 3. The second-order valence-electron chi connectivity index (χ2n) is 4.89. The number of nitrogens with one attached hydrogen (secondary N) is 1. The number of aliphatic imine (C=N–C) groups is 1. The monoisotopic (exact) mass is 263 g/mol. The fourth-order valence-electron chi connectivity index (χ4n) is 1.94. The van der Waals surface area contributed by atoms with Crippen molar-refractivity contribution < 1.29 is 0 Å². The second kappa shape index (κ2) is 6.23. The van der Waals surface area contributed by atoms with Gasteiger partial charge in [0.05, 0.1) is 12.2 Å². The van der Waals surface area contributed by atoms with E-state index in [4.69, 9.17) is 0 Å². The molecule has 18 heavy (non-hydrogen) atoms. The summed E-state index contributed by atoms with van der Waals surface area (Å²) in [5.41, 5.74) is 2.40. The Balaban J connectivity index is 1.99. The van der Waals surface area contributed by atoms with E-state index in [9.17, 15) is 0 Å². The summed E-state index contributed by atoms with van der Waals surface area (Å²) in [6.07, 6.45) is 2.87. The summed E-state index contributed by atoms with van der Waals surface area (Å²) in [6, 6.07) is 4.68. The minimum atomic E-state index is 0.558. The van der Waals surface area contributed by atoms with Gasteiger partial charge in [0, 0.05) is 18.0 Å². The van der Waals surface area contributed by atoms with Gasteiger partial charge in [0.15, 0.2) is 5.17 Å². The van der Waals surface area contributed by atoms with Crippen LogP contribution >= 0.6 is 11.8 Å². The summed E-state index contributed by atoms with van der Waals surface area (Å²) in [5, 5.41) is 4.55. The van der Waals surface area contributed by atoms with Crippen molar-refractivity contribution in [2.45, 2.75) is 39.8 Å². The maximum absolute atomic E-state index is 4.64. The third-order valence-corrected chi connectivity index (χ3v) is 4.30. The Morgan fingerprint density at radius 1 is 1.56 bits per heavy atom. The number of aryl methyl sites for hydroxylation is 1. The molecule has 0 aliphatic carbocycles. The largest absolute Gasteiger partial charge is 0.361 e. The van der Waals surface area contributed by atoms with Gasteiger partial charge in [-0.1, -0.05) is 38.6 Å². The zero-order valence-electron chi connectivity index (χ0n) is 11.3. The summed E-state index contributed by atoms with van der Waals surface area (Å²) in [6.45, 7) is 7.33.